The Bertz CT molecular complexity index is 684. The number of sulfonamides is 1. The van der Waals surface area contributed by atoms with E-state index in [0.717, 1.165) is 6.26 Å². The van der Waals surface area contributed by atoms with Gasteiger partial charge in [-0.05, 0) is 44.0 Å². The maximum absolute atomic E-state index is 12.3. The largest absolute Gasteiger partial charge is 0.462 e. The molecule has 1 amide bonds. The van der Waals surface area contributed by atoms with Crippen molar-refractivity contribution in [2.24, 2.45) is 0 Å². The zero-order valence-electron chi connectivity index (χ0n) is 13.1. The molecule has 1 fully saturated rings. The van der Waals surface area contributed by atoms with Gasteiger partial charge < -0.3 is 10.1 Å². The molecule has 0 spiro atoms. The smallest absolute Gasteiger partial charge is 0.338 e. The minimum atomic E-state index is -3.40. The molecular weight excluding hydrogens is 320 g/mol. The molecule has 0 saturated carbocycles. The van der Waals surface area contributed by atoms with E-state index in [1.165, 1.54) is 4.31 Å². The summed E-state index contributed by atoms with van der Waals surface area (Å²) in [6, 6.07) is 5.59. The minimum absolute atomic E-state index is 0.292. The number of esters is 1. The second-order valence-electron chi connectivity index (χ2n) is 5.32. The molecule has 8 heteroatoms. The van der Waals surface area contributed by atoms with E-state index in [4.69, 9.17) is 4.74 Å². The van der Waals surface area contributed by atoms with Crippen LogP contribution in [0, 0.1) is 0 Å². The topological polar surface area (TPSA) is 92.8 Å². The van der Waals surface area contributed by atoms with Gasteiger partial charge >= 0.3 is 5.97 Å². The number of ether oxygens (including phenoxy) is 1. The lowest BCUT2D eigenvalue weighted by Gasteiger charge is -2.21. The van der Waals surface area contributed by atoms with Crippen LogP contribution in [-0.2, 0) is 19.6 Å². The van der Waals surface area contributed by atoms with Gasteiger partial charge in [0.1, 0.15) is 6.04 Å². The van der Waals surface area contributed by atoms with E-state index in [2.05, 4.69) is 5.32 Å². The summed E-state index contributed by atoms with van der Waals surface area (Å²) in [5.41, 5.74) is 0.895. The van der Waals surface area contributed by atoms with Crippen LogP contribution in [0.15, 0.2) is 24.3 Å². The monoisotopic (exact) mass is 340 g/mol. The van der Waals surface area contributed by atoms with E-state index < -0.39 is 22.0 Å². The molecule has 1 atom stereocenters. The summed E-state index contributed by atoms with van der Waals surface area (Å²) in [5, 5.41) is 2.69. The Balaban J connectivity index is 2.04. The second kappa shape index (κ2) is 7.10. The first-order valence-electron chi connectivity index (χ1n) is 7.38. The highest BCUT2D eigenvalue weighted by molar-refractivity contribution is 7.88. The van der Waals surface area contributed by atoms with Crippen molar-refractivity contribution in [3.63, 3.8) is 0 Å². The van der Waals surface area contributed by atoms with Crippen molar-refractivity contribution in [1.82, 2.24) is 4.31 Å². The Hall–Kier alpha value is -1.93. The zero-order chi connectivity index (χ0) is 17.0. The van der Waals surface area contributed by atoms with E-state index in [1.54, 1.807) is 31.2 Å². The summed E-state index contributed by atoms with van der Waals surface area (Å²) in [6.07, 6.45) is 2.26. The highest BCUT2D eigenvalue weighted by Crippen LogP contribution is 2.22. The third-order valence-electron chi connectivity index (χ3n) is 3.60. The summed E-state index contributed by atoms with van der Waals surface area (Å²) in [7, 11) is -3.40. The fourth-order valence-electron chi connectivity index (χ4n) is 2.53. The molecule has 0 bridgehead atoms. The van der Waals surface area contributed by atoms with Gasteiger partial charge in [-0.2, -0.15) is 4.31 Å². The van der Waals surface area contributed by atoms with E-state index >= 15 is 0 Å². The van der Waals surface area contributed by atoms with Crippen LogP contribution in [0.3, 0.4) is 0 Å². The third-order valence-corrected chi connectivity index (χ3v) is 4.88. The lowest BCUT2D eigenvalue weighted by molar-refractivity contribution is -0.119. The second-order valence-corrected chi connectivity index (χ2v) is 7.25. The summed E-state index contributed by atoms with van der Waals surface area (Å²) in [5.74, 6) is -0.791. The van der Waals surface area contributed by atoms with Gasteiger partial charge in [0.05, 0.1) is 18.4 Å². The Morgan fingerprint density at radius 2 is 1.96 bits per heavy atom. The molecule has 1 aromatic carbocycles. The molecule has 126 valence electrons. The number of benzene rings is 1. The molecular formula is C15H20N2O5S. The van der Waals surface area contributed by atoms with Crippen LogP contribution in [0.4, 0.5) is 5.69 Å². The van der Waals surface area contributed by atoms with Gasteiger partial charge in [0, 0.05) is 12.2 Å². The number of nitrogens with zero attached hydrogens (tertiary/aromatic N) is 1. The van der Waals surface area contributed by atoms with Gasteiger partial charge in [-0.15, -0.1) is 0 Å². The first-order chi connectivity index (χ1) is 10.8. The van der Waals surface area contributed by atoms with Crippen molar-refractivity contribution >= 4 is 27.6 Å². The quantitative estimate of drug-likeness (QED) is 0.814. The van der Waals surface area contributed by atoms with Crippen molar-refractivity contribution in [2.75, 3.05) is 24.7 Å². The first kappa shape index (κ1) is 17.4. The summed E-state index contributed by atoms with van der Waals surface area (Å²) >= 11 is 0. The predicted octanol–water partition coefficient (Wildman–Crippen LogP) is 1.23. The number of carbonyl (C=O) groups excluding carboxylic acids is 2. The number of anilines is 1. The van der Waals surface area contributed by atoms with Crippen LogP contribution < -0.4 is 5.32 Å². The van der Waals surface area contributed by atoms with Crippen LogP contribution in [0.25, 0.3) is 0 Å². The standard InChI is InChI=1S/C15H20N2O5S/c1-3-22-15(19)11-6-8-12(9-7-11)16-14(18)13-5-4-10-17(13)23(2,20)21/h6-9,13H,3-5,10H2,1-2H3,(H,16,18). The predicted molar refractivity (Wildman–Crippen MR) is 85.6 cm³/mol. The molecule has 2 rings (SSSR count). The van der Waals surface area contributed by atoms with Crippen LogP contribution in [0.1, 0.15) is 30.1 Å². The van der Waals surface area contributed by atoms with E-state index in [0.29, 0.717) is 37.2 Å². The van der Waals surface area contributed by atoms with E-state index in [9.17, 15) is 18.0 Å². The molecule has 1 aliphatic rings. The number of carbonyl (C=O) groups is 2. The Morgan fingerprint density at radius 1 is 1.30 bits per heavy atom. The Morgan fingerprint density at radius 3 is 2.52 bits per heavy atom. The van der Waals surface area contributed by atoms with Gasteiger partial charge in [0.25, 0.3) is 0 Å². The van der Waals surface area contributed by atoms with E-state index in [1.807, 2.05) is 0 Å². The molecule has 1 N–H and O–H groups in total. The average molecular weight is 340 g/mol. The fraction of sp³-hybridized carbons (Fsp3) is 0.467. The van der Waals surface area contributed by atoms with Crippen molar-refractivity contribution in [3.05, 3.63) is 29.8 Å². The molecule has 1 aliphatic heterocycles. The normalized spacial score (nSPS) is 18.6. The average Bonchev–Trinajstić information content (AvgIpc) is 2.98. The van der Waals surface area contributed by atoms with E-state index in [-0.39, 0.29) is 5.91 Å². The molecule has 1 aromatic rings. The summed E-state index contributed by atoms with van der Waals surface area (Å²) in [6.45, 7) is 2.38. The highest BCUT2D eigenvalue weighted by Gasteiger charge is 2.36. The molecule has 1 saturated heterocycles. The van der Waals surface area contributed by atoms with Gasteiger partial charge in [-0.1, -0.05) is 0 Å². The third kappa shape index (κ3) is 4.29. The Labute approximate surface area is 135 Å². The molecule has 7 nitrogen and oxygen atoms in total. The van der Waals surface area contributed by atoms with Gasteiger partial charge in [-0.25, -0.2) is 13.2 Å². The zero-order valence-corrected chi connectivity index (χ0v) is 13.9. The Kier molecular flexibility index (Phi) is 5.38. The van der Waals surface area contributed by atoms with Gasteiger partial charge in [0.15, 0.2) is 0 Å². The van der Waals surface area contributed by atoms with Gasteiger partial charge in [-0.3, -0.25) is 4.79 Å². The maximum Gasteiger partial charge on any atom is 0.338 e. The molecule has 1 heterocycles. The SMILES string of the molecule is CCOC(=O)c1ccc(NC(=O)C2CCCN2S(C)(=O)=O)cc1. The van der Waals surface area contributed by atoms with Crippen LogP contribution in [0.5, 0.6) is 0 Å². The summed E-state index contributed by atoms with van der Waals surface area (Å²) < 4.78 is 29.5. The first-order valence-corrected chi connectivity index (χ1v) is 9.22. The highest BCUT2D eigenvalue weighted by atomic mass is 32.2. The number of amides is 1. The van der Waals surface area contributed by atoms with Crippen molar-refractivity contribution in [3.8, 4) is 0 Å². The molecule has 1 unspecified atom stereocenters. The fourth-order valence-corrected chi connectivity index (χ4v) is 3.65. The number of rotatable bonds is 5. The van der Waals surface area contributed by atoms with Crippen molar-refractivity contribution in [1.29, 1.82) is 0 Å². The molecule has 0 radical (unpaired) electrons. The van der Waals surface area contributed by atoms with Crippen LogP contribution in [-0.4, -0.2) is 50.0 Å². The molecule has 0 aromatic heterocycles. The minimum Gasteiger partial charge on any atom is -0.462 e. The van der Waals surface area contributed by atoms with Crippen molar-refractivity contribution in [2.45, 2.75) is 25.8 Å². The number of hydrogen-bond donors (Lipinski definition) is 1. The number of nitrogens with one attached hydrogen (secondary N) is 1. The lowest BCUT2D eigenvalue weighted by atomic mass is 10.2. The van der Waals surface area contributed by atoms with Gasteiger partial charge in [0.2, 0.25) is 15.9 Å². The van der Waals surface area contributed by atoms with Crippen LogP contribution in [0.2, 0.25) is 0 Å². The van der Waals surface area contributed by atoms with Crippen LogP contribution >= 0.6 is 0 Å². The molecule has 0 aliphatic carbocycles. The maximum atomic E-state index is 12.3. The van der Waals surface area contributed by atoms with Crippen molar-refractivity contribution < 1.29 is 22.7 Å². The number of hydrogen-bond acceptors (Lipinski definition) is 5. The summed E-state index contributed by atoms with van der Waals surface area (Å²) in [4.78, 5) is 23.8. The lowest BCUT2D eigenvalue weighted by Crippen LogP contribution is -2.42. The molecule has 23 heavy (non-hydrogen) atoms.